The highest BCUT2D eigenvalue weighted by Gasteiger charge is 2.11. The molecule has 0 saturated carbocycles. The first kappa shape index (κ1) is 12.7. The molecule has 1 amide bonds. The van der Waals surface area contributed by atoms with Crippen LogP contribution in [0, 0.1) is 0 Å². The first-order valence-corrected chi connectivity index (χ1v) is 5.39. The van der Waals surface area contributed by atoms with Crippen molar-refractivity contribution in [1.29, 1.82) is 0 Å². The van der Waals surface area contributed by atoms with Gasteiger partial charge in [-0.25, -0.2) is 0 Å². The van der Waals surface area contributed by atoms with E-state index in [1.165, 1.54) is 0 Å². The topological polar surface area (TPSA) is 46.3 Å². The van der Waals surface area contributed by atoms with Crippen molar-refractivity contribution in [3.63, 3.8) is 0 Å². The van der Waals surface area contributed by atoms with E-state index in [4.69, 9.17) is 17.3 Å². The van der Waals surface area contributed by atoms with Crippen LogP contribution in [-0.2, 0) is 11.3 Å². The monoisotopic (exact) mass is 238 g/mol. The largest absolute Gasteiger partial charge is 0.334 e. The van der Waals surface area contributed by atoms with Gasteiger partial charge in [0, 0.05) is 18.1 Å². The van der Waals surface area contributed by atoms with Crippen LogP contribution in [0.2, 0.25) is 5.02 Å². The Bertz CT molecular complexity index is 379. The summed E-state index contributed by atoms with van der Waals surface area (Å²) in [7, 11) is 0. The number of carbonyl (C=O) groups is 1. The molecule has 0 heterocycles. The van der Waals surface area contributed by atoms with Crippen molar-refractivity contribution in [2.75, 3.05) is 13.1 Å². The highest BCUT2D eigenvalue weighted by atomic mass is 35.5. The Morgan fingerprint density at radius 1 is 1.50 bits per heavy atom. The first-order valence-electron chi connectivity index (χ1n) is 5.01. The van der Waals surface area contributed by atoms with Crippen molar-refractivity contribution in [2.24, 2.45) is 5.73 Å². The predicted octanol–water partition coefficient (Wildman–Crippen LogP) is 1.81. The molecule has 0 aliphatic carbocycles. The molecule has 16 heavy (non-hydrogen) atoms. The fraction of sp³-hybridized carbons (Fsp3) is 0.250. The summed E-state index contributed by atoms with van der Waals surface area (Å²) in [5, 5.41) is 0.654. The molecule has 0 aliphatic heterocycles. The molecule has 0 saturated heterocycles. The molecule has 0 atom stereocenters. The Kier molecular flexibility index (Phi) is 5.02. The molecule has 1 aromatic carbocycles. The van der Waals surface area contributed by atoms with Crippen molar-refractivity contribution in [2.45, 2.75) is 6.54 Å². The lowest BCUT2D eigenvalue weighted by molar-refractivity contribution is -0.129. The molecular weight excluding hydrogens is 224 g/mol. The van der Waals surface area contributed by atoms with Gasteiger partial charge in [0.1, 0.15) is 0 Å². The number of hydrogen-bond donors (Lipinski definition) is 1. The van der Waals surface area contributed by atoms with Gasteiger partial charge < -0.3 is 10.6 Å². The molecule has 0 bridgehead atoms. The van der Waals surface area contributed by atoms with Gasteiger partial charge in [-0.1, -0.05) is 35.9 Å². The van der Waals surface area contributed by atoms with E-state index in [9.17, 15) is 4.79 Å². The normalized spacial score (nSPS) is 9.88. The van der Waals surface area contributed by atoms with E-state index in [1.807, 2.05) is 18.2 Å². The Balaban J connectivity index is 2.79. The van der Waals surface area contributed by atoms with Crippen LogP contribution in [0.15, 0.2) is 36.9 Å². The van der Waals surface area contributed by atoms with E-state index in [1.54, 1.807) is 17.0 Å². The summed E-state index contributed by atoms with van der Waals surface area (Å²) in [6, 6.07) is 7.44. The molecule has 4 heteroatoms. The number of nitrogens with zero attached hydrogens (tertiary/aromatic N) is 1. The van der Waals surface area contributed by atoms with Gasteiger partial charge in [0.05, 0.1) is 6.54 Å². The Hall–Kier alpha value is -1.32. The van der Waals surface area contributed by atoms with Crippen LogP contribution < -0.4 is 5.73 Å². The van der Waals surface area contributed by atoms with Gasteiger partial charge >= 0.3 is 0 Å². The number of benzene rings is 1. The zero-order chi connectivity index (χ0) is 12.0. The maximum Gasteiger partial charge on any atom is 0.236 e. The summed E-state index contributed by atoms with van der Waals surface area (Å²) in [6.45, 7) is 4.55. The van der Waals surface area contributed by atoms with Crippen LogP contribution in [0.1, 0.15) is 5.56 Å². The van der Waals surface area contributed by atoms with Crippen molar-refractivity contribution in [3.8, 4) is 0 Å². The highest BCUT2D eigenvalue weighted by molar-refractivity contribution is 6.31. The van der Waals surface area contributed by atoms with E-state index in [0.717, 1.165) is 5.56 Å². The van der Waals surface area contributed by atoms with Crippen LogP contribution in [0.25, 0.3) is 0 Å². The number of nitrogens with two attached hydrogens (primary N) is 1. The molecule has 0 aliphatic rings. The number of rotatable bonds is 5. The molecule has 1 rings (SSSR count). The Morgan fingerprint density at radius 3 is 2.75 bits per heavy atom. The summed E-state index contributed by atoms with van der Waals surface area (Å²) in [4.78, 5) is 13.1. The molecule has 0 radical (unpaired) electrons. The van der Waals surface area contributed by atoms with Crippen LogP contribution >= 0.6 is 11.6 Å². The lowest BCUT2D eigenvalue weighted by atomic mass is 10.2. The number of amides is 1. The maximum absolute atomic E-state index is 11.5. The van der Waals surface area contributed by atoms with Gasteiger partial charge in [-0.15, -0.1) is 6.58 Å². The minimum atomic E-state index is -0.111. The van der Waals surface area contributed by atoms with Crippen LogP contribution in [0.5, 0.6) is 0 Å². The standard InChI is InChI=1S/C12H15ClN2O/c1-2-7-15(12(16)8-14)9-10-5-3-4-6-11(10)13/h2-6H,1,7-9,14H2. The molecule has 0 unspecified atom stereocenters. The Morgan fingerprint density at radius 2 is 2.19 bits per heavy atom. The van der Waals surface area contributed by atoms with Gasteiger partial charge in [0.2, 0.25) is 5.91 Å². The second kappa shape index (κ2) is 6.30. The predicted molar refractivity (Wildman–Crippen MR) is 66.1 cm³/mol. The third-order valence-corrected chi connectivity index (χ3v) is 2.56. The second-order valence-corrected chi connectivity index (χ2v) is 3.77. The zero-order valence-electron chi connectivity index (χ0n) is 9.03. The summed E-state index contributed by atoms with van der Waals surface area (Å²) >= 11 is 6.02. The third-order valence-electron chi connectivity index (χ3n) is 2.20. The van der Waals surface area contributed by atoms with Crippen LogP contribution in [-0.4, -0.2) is 23.9 Å². The lowest BCUT2D eigenvalue weighted by Crippen LogP contribution is -2.35. The van der Waals surface area contributed by atoms with E-state index >= 15 is 0 Å². The molecule has 0 fully saturated rings. The molecule has 0 aromatic heterocycles. The van der Waals surface area contributed by atoms with Gasteiger partial charge in [0.15, 0.2) is 0 Å². The lowest BCUT2D eigenvalue weighted by Gasteiger charge is -2.20. The average Bonchev–Trinajstić information content (AvgIpc) is 2.30. The van der Waals surface area contributed by atoms with E-state index < -0.39 is 0 Å². The highest BCUT2D eigenvalue weighted by Crippen LogP contribution is 2.16. The Labute approximate surface area is 100 Å². The third kappa shape index (κ3) is 3.36. The molecule has 2 N–H and O–H groups in total. The summed E-state index contributed by atoms with van der Waals surface area (Å²) in [6.07, 6.45) is 1.67. The first-order chi connectivity index (χ1) is 7.69. The summed E-state index contributed by atoms with van der Waals surface area (Å²) < 4.78 is 0. The van der Waals surface area contributed by atoms with Gasteiger partial charge in [-0.2, -0.15) is 0 Å². The summed E-state index contributed by atoms with van der Waals surface area (Å²) in [5.74, 6) is -0.111. The molecule has 1 aromatic rings. The summed E-state index contributed by atoms with van der Waals surface area (Å²) in [5.41, 5.74) is 6.25. The number of carbonyl (C=O) groups excluding carboxylic acids is 1. The second-order valence-electron chi connectivity index (χ2n) is 3.36. The maximum atomic E-state index is 11.5. The molecule has 0 spiro atoms. The quantitative estimate of drug-likeness (QED) is 0.796. The van der Waals surface area contributed by atoms with E-state index in [0.29, 0.717) is 18.1 Å². The minimum absolute atomic E-state index is 0.00169. The van der Waals surface area contributed by atoms with Crippen molar-refractivity contribution < 1.29 is 4.79 Å². The molecule has 86 valence electrons. The minimum Gasteiger partial charge on any atom is -0.334 e. The van der Waals surface area contributed by atoms with Gasteiger partial charge in [0.25, 0.3) is 0 Å². The van der Waals surface area contributed by atoms with E-state index in [2.05, 4.69) is 6.58 Å². The fourth-order valence-electron chi connectivity index (χ4n) is 1.37. The fourth-order valence-corrected chi connectivity index (χ4v) is 1.57. The number of hydrogen-bond acceptors (Lipinski definition) is 2. The zero-order valence-corrected chi connectivity index (χ0v) is 9.78. The van der Waals surface area contributed by atoms with Crippen molar-refractivity contribution >= 4 is 17.5 Å². The SMILES string of the molecule is C=CCN(Cc1ccccc1Cl)C(=O)CN. The van der Waals surface area contributed by atoms with E-state index in [-0.39, 0.29) is 12.5 Å². The average molecular weight is 239 g/mol. The van der Waals surface area contributed by atoms with Crippen LogP contribution in [0.4, 0.5) is 0 Å². The van der Waals surface area contributed by atoms with Gasteiger partial charge in [-0.3, -0.25) is 4.79 Å². The van der Waals surface area contributed by atoms with Crippen molar-refractivity contribution in [3.05, 3.63) is 47.5 Å². The molecular formula is C12H15ClN2O. The smallest absolute Gasteiger partial charge is 0.236 e. The van der Waals surface area contributed by atoms with Crippen molar-refractivity contribution in [1.82, 2.24) is 4.90 Å². The number of halogens is 1. The van der Waals surface area contributed by atoms with Gasteiger partial charge in [-0.05, 0) is 11.6 Å². The molecule has 3 nitrogen and oxygen atoms in total. The van der Waals surface area contributed by atoms with Crippen LogP contribution in [0.3, 0.4) is 0 Å².